The van der Waals surface area contributed by atoms with Crippen LogP contribution in [0.3, 0.4) is 0 Å². The maximum atomic E-state index is 10.3. The largest absolute Gasteiger partial charge is 0.506 e. The van der Waals surface area contributed by atoms with Gasteiger partial charge in [-0.3, -0.25) is 0 Å². The molecule has 1 aromatic rings. The highest BCUT2D eigenvalue weighted by molar-refractivity contribution is 6.32. The van der Waals surface area contributed by atoms with Gasteiger partial charge >= 0.3 is 0 Å². The van der Waals surface area contributed by atoms with Gasteiger partial charge in [-0.05, 0) is 6.07 Å². The van der Waals surface area contributed by atoms with Crippen LogP contribution in [-0.4, -0.2) is 24.7 Å². The van der Waals surface area contributed by atoms with E-state index in [0.29, 0.717) is 12.5 Å². The van der Waals surface area contributed by atoms with Gasteiger partial charge in [0.1, 0.15) is 17.8 Å². The van der Waals surface area contributed by atoms with Gasteiger partial charge in [-0.25, -0.2) is 0 Å². The van der Waals surface area contributed by atoms with Crippen molar-refractivity contribution in [3.05, 3.63) is 17.2 Å². The molecule has 0 atom stereocenters. The summed E-state index contributed by atoms with van der Waals surface area (Å²) in [6.07, 6.45) is 0.791. The molecule has 2 rings (SSSR count). The number of rotatable bonds is 2. The monoisotopic (exact) mass is 213 g/mol. The lowest BCUT2D eigenvalue weighted by atomic mass is 10.2. The Morgan fingerprint density at radius 2 is 2.43 bits per heavy atom. The van der Waals surface area contributed by atoms with Gasteiger partial charge in [-0.15, -0.1) is 0 Å². The lowest BCUT2D eigenvalue weighted by Crippen LogP contribution is -2.23. The van der Waals surface area contributed by atoms with Crippen LogP contribution >= 0.6 is 11.6 Å². The number of nitrogens with zero attached hydrogens (tertiary/aromatic N) is 1. The molecule has 0 saturated heterocycles. The molecule has 4 nitrogen and oxygen atoms in total. The Balaban J connectivity index is 2.39. The van der Waals surface area contributed by atoms with E-state index in [1.54, 1.807) is 11.0 Å². The number of aldehydes is 1. The lowest BCUT2D eigenvalue weighted by molar-refractivity contribution is -0.106. The van der Waals surface area contributed by atoms with Crippen molar-refractivity contribution in [3.8, 4) is 11.5 Å². The maximum Gasteiger partial charge on any atom is 0.162 e. The van der Waals surface area contributed by atoms with Gasteiger partial charge in [0.2, 0.25) is 0 Å². The number of aromatic hydroxyl groups is 1. The number of carbonyl (C=O) groups excluding carboxylic acids is 1. The summed E-state index contributed by atoms with van der Waals surface area (Å²) in [5.41, 5.74) is 0.736. The summed E-state index contributed by atoms with van der Waals surface area (Å²) in [6.45, 7) is 0.571. The van der Waals surface area contributed by atoms with Crippen molar-refractivity contribution in [1.82, 2.24) is 0 Å². The first-order chi connectivity index (χ1) is 6.72. The zero-order chi connectivity index (χ0) is 10.1. The van der Waals surface area contributed by atoms with E-state index < -0.39 is 0 Å². The van der Waals surface area contributed by atoms with Crippen LogP contribution in [0, 0.1) is 0 Å². The summed E-state index contributed by atoms with van der Waals surface area (Å²) >= 11 is 5.74. The van der Waals surface area contributed by atoms with Crippen molar-refractivity contribution in [2.45, 2.75) is 0 Å². The van der Waals surface area contributed by atoms with Gasteiger partial charge in [0.05, 0.1) is 17.3 Å². The molecule has 1 N–H and O–H groups in total. The first-order valence-corrected chi connectivity index (χ1v) is 4.44. The fourth-order valence-corrected chi connectivity index (χ4v) is 1.51. The third kappa shape index (κ3) is 1.37. The number of phenols is 1. The van der Waals surface area contributed by atoms with Crippen LogP contribution in [0.2, 0.25) is 5.02 Å². The number of ether oxygens (including phenoxy) is 1. The van der Waals surface area contributed by atoms with Gasteiger partial charge in [-0.1, -0.05) is 11.6 Å². The van der Waals surface area contributed by atoms with Crippen molar-refractivity contribution in [2.75, 3.05) is 18.2 Å². The molecule has 1 heterocycles. The second kappa shape index (κ2) is 3.38. The average molecular weight is 214 g/mol. The van der Waals surface area contributed by atoms with E-state index in [1.165, 1.54) is 6.07 Å². The predicted octanol–water partition coefficient (Wildman–Crippen LogP) is 1.40. The van der Waals surface area contributed by atoms with Crippen molar-refractivity contribution < 1.29 is 14.6 Å². The third-order valence-corrected chi connectivity index (χ3v) is 2.34. The van der Waals surface area contributed by atoms with E-state index in [0.717, 1.165) is 12.0 Å². The molecule has 0 radical (unpaired) electrons. The summed E-state index contributed by atoms with van der Waals surface area (Å²) < 4.78 is 5.25. The highest BCUT2D eigenvalue weighted by atomic mass is 35.5. The van der Waals surface area contributed by atoms with Crippen LogP contribution in [0.25, 0.3) is 0 Å². The summed E-state index contributed by atoms with van der Waals surface area (Å²) in [6, 6.07) is 3.03. The fourth-order valence-electron chi connectivity index (χ4n) is 1.35. The Bertz CT molecular complexity index is 381. The Hall–Kier alpha value is -1.42. The van der Waals surface area contributed by atoms with Crippen LogP contribution in [0.15, 0.2) is 12.1 Å². The predicted molar refractivity (Wildman–Crippen MR) is 52.0 cm³/mol. The van der Waals surface area contributed by atoms with Crippen molar-refractivity contribution >= 4 is 23.6 Å². The molecular weight excluding hydrogens is 206 g/mol. The van der Waals surface area contributed by atoms with E-state index in [9.17, 15) is 9.90 Å². The minimum atomic E-state index is -0.0154. The SMILES string of the molecule is O=CCN1COc2cc(O)c(Cl)cc21. The number of benzene rings is 1. The molecule has 0 saturated carbocycles. The van der Waals surface area contributed by atoms with E-state index in [1.807, 2.05) is 0 Å². The molecule has 1 aliphatic rings. The number of phenolic OH excluding ortho intramolecular Hbond substituents is 1. The second-order valence-corrected chi connectivity index (χ2v) is 3.34. The van der Waals surface area contributed by atoms with Crippen molar-refractivity contribution in [1.29, 1.82) is 0 Å². The number of anilines is 1. The third-order valence-electron chi connectivity index (χ3n) is 2.04. The smallest absolute Gasteiger partial charge is 0.162 e. The van der Waals surface area contributed by atoms with E-state index in [4.69, 9.17) is 16.3 Å². The van der Waals surface area contributed by atoms with E-state index in [2.05, 4.69) is 0 Å². The zero-order valence-electron chi connectivity index (χ0n) is 7.24. The van der Waals surface area contributed by atoms with Crippen LogP contribution in [0.1, 0.15) is 0 Å². The fraction of sp³-hybridized carbons (Fsp3) is 0.222. The van der Waals surface area contributed by atoms with Crippen molar-refractivity contribution in [3.63, 3.8) is 0 Å². The number of hydrogen-bond acceptors (Lipinski definition) is 4. The summed E-state index contributed by atoms with van der Waals surface area (Å²) in [7, 11) is 0. The molecular formula is C9H8ClNO3. The quantitative estimate of drug-likeness (QED) is 0.755. The molecule has 0 unspecified atom stereocenters. The standard InChI is InChI=1S/C9H8ClNO3/c10-6-3-7-9(4-8(6)13)14-5-11(7)1-2-12/h2-4,13H,1,5H2. The second-order valence-electron chi connectivity index (χ2n) is 2.93. The topological polar surface area (TPSA) is 49.8 Å². The lowest BCUT2D eigenvalue weighted by Gasteiger charge is -2.12. The van der Waals surface area contributed by atoms with Gasteiger partial charge in [0.15, 0.2) is 6.73 Å². The number of hydrogen-bond donors (Lipinski definition) is 1. The summed E-state index contributed by atoms with van der Waals surface area (Å²) in [5.74, 6) is 0.534. The van der Waals surface area contributed by atoms with Crippen LogP contribution in [0.4, 0.5) is 5.69 Å². The zero-order valence-corrected chi connectivity index (χ0v) is 7.99. The van der Waals surface area contributed by atoms with Crippen molar-refractivity contribution in [2.24, 2.45) is 0 Å². The molecule has 0 amide bonds. The summed E-state index contributed by atoms with van der Waals surface area (Å²) in [5, 5.41) is 9.55. The van der Waals surface area contributed by atoms with Gasteiger partial charge in [-0.2, -0.15) is 0 Å². The normalized spacial score (nSPS) is 13.6. The molecule has 74 valence electrons. The van der Waals surface area contributed by atoms with E-state index in [-0.39, 0.29) is 17.3 Å². The van der Waals surface area contributed by atoms with Gasteiger partial charge < -0.3 is 19.5 Å². The van der Waals surface area contributed by atoms with Gasteiger partial charge in [0.25, 0.3) is 0 Å². The number of fused-ring (bicyclic) bond motifs is 1. The molecule has 1 aliphatic heterocycles. The number of halogens is 1. The Kier molecular flexibility index (Phi) is 2.21. The minimum Gasteiger partial charge on any atom is -0.506 e. The van der Waals surface area contributed by atoms with Crippen LogP contribution < -0.4 is 9.64 Å². The number of carbonyl (C=O) groups is 1. The molecule has 0 aliphatic carbocycles. The van der Waals surface area contributed by atoms with Crippen LogP contribution in [0.5, 0.6) is 11.5 Å². The maximum absolute atomic E-state index is 10.3. The first-order valence-electron chi connectivity index (χ1n) is 4.06. The first kappa shape index (κ1) is 9.15. The average Bonchev–Trinajstić information content (AvgIpc) is 2.51. The minimum absolute atomic E-state index is 0.0154. The van der Waals surface area contributed by atoms with Crippen LogP contribution in [-0.2, 0) is 4.79 Å². The van der Waals surface area contributed by atoms with E-state index >= 15 is 0 Å². The molecule has 0 aromatic heterocycles. The molecule has 0 bridgehead atoms. The Morgan fingerprint density at radius 3 is 3.14 bits per heavy atom. The highest BCUT2D eigenvalue weighted by Gasteiger charge is 2.21. The highest BCUT2D eigenvalue weighted by Crippen LogP contribution is 2.40. The molecule has 0 fully saturated rings. The molecule has 14 heavy (non-hydrogen) atoms. The Labute approximate surface area is 85.7 Å². The molecule has 0 spiro atoms. The van der Waals surface area contributed by atoms with Gasteiger partial charge in [0, 0.05) is 6.07 Å². The summed E-state index contributed by atoms with van der Waals surface area (Å²) in [4.78, 5) is 12.1. The Morgan fingerprint density at radius 1 is 1.64 bits per heavy atom. The molecule has 1 aromatic carbocycles. The molecule has 5 heteroatoms.